The van der Waals surface area contributed by atoms with Gasteiger partial charge in [-0.1, -0.05) is 24.8 Å². The van der Waals surface area contributed by atoms with E-state index in [0.717, 1.165) is 22.5 Å². The Balaban J connectivity index is 2.03. The van der Waals surface area contributed by atoms with Crippen LogP contribution in [0.25, 0.3) is 23.0 Å². The lowest BCUT2D eigenvalue weighted by molar-refractivity contribution is 0.934. The van der Waals surface area contributed by atoms with Crippen molar-refractivity contribution in [3.63, 3.8) is 0 Å². The minimum Gasteiger partial charge on any atom is -0.378 e. The van der Waals surface area contributed by atoms with E-state index in [-0.39, 0.29) is 0 Å². The minimum absolute atomic E-state index is 0.828. The second-order valence-electron chi connectivity index (χ2n) is 4.86. The van der Waals surface area contributed by atoms with Crippen molar-refractivity contribution in [2.45, 2.75) is 0 Å². The standard InChI is InChI=1S/C16H16N4/c1-4-12-9-16-18-15(11-20(16)17-10-12)13-5-7-14(8-6-13)19(2)3/h4-11H,1H2,2-3H3. The van der Waals surface area contributed by atoms with Gasteiger partial charge in [0.05, 0.1) is 18.1 Å². The Kier molecular flexibility index (Phi) is 2.99. The molecule has 0 unspecified atom stereocenters. The maximum atomic E-state index is 4.61. The molecular weight excluding hydrogens is 248 g/mol. The number of imidazole rings is 1. The molecule has 0 bridgehead atoms. The summed E-state index contributed by atoms with van der Waals surface area (Å²) in [5, 5.41) is 4.32. The summed E-state index contributed by atoms with van der Waals surface area (Å²) in [5.41, 5.74) is 4.97. The highest BCUT2D eigenvalue weighted by Gasteiger charge is 2.06. The lowest BCUT2D eigenvalue weighted by atomic mass is 10.1. The van der Waals surface area contributed by atoms with Gasteiger partial charge < -0.3 is 4.90 Å². The van der Waals surface area contributed by atoms with Gasteiger partial charge in [0.25, 0.3) is 0 Å². The number of nitrogens with zero attached hydrogens (tertiary/aromatic N) is 4. The van der Waals surface area contributed by atoms with Crippen molar-refractivity contribution in [1.82, 2.24) is 14.6 Å². The van der Waals surface area contributed by atoms with E-state index in [9.17, 15) is 0 Å². The second-order valence-corrected chi connectivity index (χ2v) is 4.86. The summed E-state index contributed by atoms with van der Waals surface area (Å²) in [6, 6.07) is 10.3. The van der Waals surface area contributed by atoms with Gasteiger partial charge >= 0.3 is 0 Å². The van der Waals surface area contributed by atoms with Crippen LogP contribution in [-0.4, -0.2) is 28.7 Å². The Morgan fingerprint density at radius 3 is 2.60 bits per heavy atom. The first-order valence-corrected chi connectivity index (χ1v) is 6.43. The van der Waals surface area contributed by atoms with E-state index in [0.29, 0.717) is 0 Å². The molecule has 3 rings (SSSR count). The van der Waals surface area contributed by atoms with Crippen LogP contribution in [0.5, 0.6) is 0 Å². The smallest absolute Gasteiger partial charge is 0.154 e. The third-order valence-corrected chi connectivity index (χ3v) is 3.26. The van der Waals surface area contributed by atoms with Crippen LogP contribution in [-0.2, 0) is 0 Å². The molecule has 1 aromatic carbocycles. The molecule has 2 heterocycles. The molecule has 4 heteroatoms. The van der Waals surface area contributed by atoms with Gasteiger partial charge in [0.2, 0.25) is 0 Å². The normalized spacial score (nSPS) is 10.7. The molecule has 0 saturated carbocycles. The molecule has 3 aromatic rings. The molecule has 4 nitrogen and oxygen atoms in total. The number of hydrogen-bond acceptors (Lipinski definition) is 3. The van der Waals surface area contributed by atoms with E-state index in [1.54, 1.807) is 16.8 Å². The first-order valence-electron chi connectivity index (χ1n) is 6.43. The number of rotatable bonds is 3. The maximum absolute atomic E-state index is 4.61. The van der Waals surface area contributed by atoms with Gasteiger partial charge in [-0.2, -0.15) is 5.10 Å². The minimum atomic E-state index is 0.828. The van der Waals surface area contributed by atoms with Gasteiger partial charge in [-0.15, -0.1) is 0 Å². The predicted molar refractivity (Wildman–Crippen MR) is 82.8 cm³/mol. The van der Waals surface area contributed by atoms with Gasteiger partial charge in [0.1, 0.15) is 0 Å². The van der Waals surface area contributed by atoms with E-state index < -0.39 is 0 Å². The van der Waals surface area contributed by atoms with Crippen LogP contribution in [0.2, 0.25) is 0 Å². The first kappa shape index (κ1) is 12.4. The van der Waals surface area contributed by atoms with E-state index in [4.69, 9.17) is 0 Å². The third-order valence-electron chi connectivity index (χ3n) is 3.26. The van der Waals surface area contributed by atoms with E-state index in [1.165, 1.54) is 5.69 Å². The summed E-state index contributed by atoms with van der Waals surface area (Å²) in [6.45, 7) is 3.75. The highest BCUT2D eigenvalue weighted by Crippen LogP contribution is 2.22. The summed E-state index contributed by atoms with van der Waals surface area (Å²) in [5.74, 6) is 0. The van der Waals surface area contributed by atoms with Crippen molar-refractivity contribution in [1.29, 1.82) is 0 Å². The van der Waals surface area contributed by atoms with Gasteiger partial charge in [0, 0.05) is 25.3 Å². The zero-order valence-electron chi connectivity index (χ0n) is 11.6. The van der Waals surface area contributed by atoms with Gasteiger partial charge in [-0.05, 0) is 23.8 Å². The molecule has 20 heavy (non-hydrogen) atoms. The van der Waals surface area contributed by atoms with E-state index in [1.807, 2.05) is 26.4 Å². The van der Waals surface area contributed by atoms with Crippen LogP contribution in [0.1, 0.15) is 5.56 Å². The zero-order chi connectivity index (χ0) is 14.1. The Labute approximate surface area is 118 Å². The predicted octanol–water partition coefficient (Wildman–Crippen LogP) is 3.11. The second kappa shape index (κ2) is 4.81. The SMILES string of the molecule is C=Cc1cnn2cc(-c3ccc(N(C)C)cc3)nc2c1. The van der Waals surface area contributed by atoms with Crippen LogP contribution in [0.3, 0.4) is 0 Å². The maximum Gasteiger partial charge on any atom is 0.154 e. The van der Waals surface area contributed by atoms with Crippen molar-refractivity contribution in [2.75, 3.05) is 19.0 Å². The number of anilines is 1. The molecule has 0 aliphatic rings. The molecule has 0 aliphatic carbocycles. The van der Waals surface area contributed by atoms with Crippen LogP contribution < -0.4 is 4.90 Å². The fraction of sp³-hybridized carbons (Fsp3) is 0.125. The molecule has 0 radical (unpaired) electrons. The van der Waals surface area contributed by atoms with Crippen LogP contribution in [0.4, 0.5) is 5.69 Å². The molecule has 0 amide bonds. The van der Waals surface area contributed by atoms with Gasteiger partial charge in [0.15, 0.2) is 5.65 Å². The lowest BCUT2D eigenvalue weighted by Gasteiger charge is -2.11. The Morgan fingerprint density at radius 2 is 1.95 bits per heavy atom. The number of fused-ring (bicyclic) bond motifs is 1. The number of hydrogen-bond donors (Lipinski definition) is 0. The summed E-state index contributed by atoms with van der Waals surface area (Å²) < 4.78 is 1.78. The van der Waals surface area contributed by atoms with Crippen LogP contribution in [0.15, 0.2) is 49.3 Å². The monoisotopic (exact) mass is 264 g/mol. The fourth-order valence-corrected chi connectivity index (χ4v) is 2.07. The first-order chi connectivity index (χ1) is 9.67. The molecular formula is C16H16N4. The van der Waals surface area contributed by atoms with Crippen molar-refractivity contribution in [3.05, 3.63) is 54.9 Å². The van der Waals surface area contributed by atoms with Crippen molar-refractivity contribution < 1.29 is 0 Å². The van der Waals surface area contributed by atoms with Crippen molar-refractivity contribution in [2.24, 2.45) is 0 Å². The average Bonchev–Trinajstić information content (AvgIpc) is 2.90. The zero-order valence-corrected chi connectivity index (χ0v) is 11.6. The average molecular weight is 264 g/mol. The molecule has 0 atom stereocenters. The summed E-state index contributed by atoms with van der Waals surface area (Å²) in [4.78, 5) is 6.68. The van der Waals surface area contributed by atoms with Crippen LogP contribution >= 0.6 is 0 Å². The molecule has 0 N–H and O–H groups in total. The fourth-order valence-electron chi connectivity index (χ4n) is 2.07. The number of benzene rings is 1. The van der Waals surface area contributed by atoms with E-state index in [2.05, 4.69) is 45.8 Å². The van der Waals surface area contributed by atoms with Crippen molar-refractivity contribution in [3.8, 4) is 11.3 Å². The molecule has 0 spiro atoms. The van der Waals surface area contributed by atoms with Crippen molar-refractivity contribution >= 4 is 17.4 Å². The number of aromatic nitrogens is 3. The molecule has 2 aromatic heterocycles. The molecule has 0 aliphatic heterocycles. The Bertz CT molecular complexity index is 754. The lowest BCUT2D eigenvalue weighted by Crippen LogP contribution is -2.07. The molecule has 0 fully saturated rings. The van der Waals surface area contributed by atoms with Gasteiger partial charge in [-0.3, -0.25) is 0 Å². The van der Waals surface area contributed by atoms with Gasteiger partial charge in [-0.25, -0.2) is 9.50 Å². The molecule has 100 valence electrons. The largest absolute Gasteiger partial charge is 0.378 e. The van der Waals surface area contributed by atoms with E-state index >= 15 is 0 Å². The summed E-state index contributed by atoms with van der Waals surface area (Å²) >= 11 is 0. The highest BCUT2D eigenvalue weighted by atomic mass is 15.2. The summed E-state index contributed by atoms with van der Waals surface area (Å²) in [7, 11) is 4.06. The Morgan fingerprint density at radius 1 is 1.20 bits per heavy atom. The molecule has 0 saturated heterocycles. The summed E-state index contributed by atoms with van der Waals surface area (Å²) in [6.07, 6.45) is 5.49. The quantitative estimate of drug-likeness (QED) is 0.729. The highest BCUT2D eigenvalue weighted by molar-refractivity contribution is 5.66. The third kappa shape index (κ3) is 2.16. The topological polar surface area (TPSA) is 33.4 Å². The Hall–Kier alpha value is -2.62. The van der Waals surface area contributed by atoms with Crippen LogP contribution in [0, 0.1) is 0 Å².